The zero-order valence-corrected chi connectivity index (χ0v) is 10.8. The molecule has 10 heavy (non-hydrogen) atoms. The summed E-state index contributed by atoms with van der Waals surface area (Å²) in [5.41, 5.74) is 0. The van der Waals surface area contributed by atoms with Crippen LogP contribution in [0.15, 0.2) is 0 Å². The molecule has 57 valence electrons. The molecule has 0 aromatic heterocycles. The molecule has 0 aliphatic carbocycles. The van der Waals surface area contributed by atoms with E-state index in [-0.39, 0.29) is 57.1 Å². The predicted molar refractivity (Wildman–Crippen MR) is 41.4 cm³/mol. The fourth-order valence-electron chi connectivity index (χ4n) is 0.353. The van der Waals surface area contributed by atoms with Crippen LogP contribution in [0.2, 0.25) is 0 Å². The van der Waals surface area contributed by atoms with Crippen LogP contribution in [0, 0.1) is 0 Å². The van der Waals surface area contributed by atoms with Gasteiger partial charge in [0.1, 0.15) is 0 Å². The summed E-state index contributed by atoms with van der Waals surface area (Å²) in [5.74, 6) is 0.00694. The van der Waals surface area contributed by atoms with Crippen LogP contribution < -0.4 is 0 Å². The molecule has 0 heterocycles. The van der Waals surface area contributed by atoms with E-state index in [1.807, 2.05) is 6.92 Å². The Morgan fingerprint density at radius 1 is 1.50 bits per heavy atom. The summed E-state index contributed by atoms with van der Waals surface area (Å²) >= 11 is 4.64. The Balaban J connectivity index is 0. The molecule has 3 nitrogen and oxygen atoms in total. The van der Waals surface area contributed by atoms with E-state index >= 15 is 0 Å². The van der Waals surface area contributed by atoms with E-state index in [2.05, 4.69) is 15.6 Å². The molecule has 0 spiro atoms. The smallest absolute Gasteiger partial charge is 0.198 e. The monoisotopic (exact) mass is 211 g/mol. The predicted octanol–water partition coefficient (Wildman–Crippen LogP) is 0.906. The van der Waals surface area contributed by atoms with E-state index in [0.717, 1.165) is 6.42 Å². The van der Waals surface area contributed by atoms with Gasteiger partial charge in [-0.05, 0) is 6.42 Å². The molecule has 0 unspecified atom stereocenters. The van der Waals surface area contributed by atoms with Crippen LogP contribution in [0.1, 0.15) is 19.8 Å². The van der Waals surface area contributed by atoms with Crippen molar-refractivity contribution in [1.82, 2.24) is 0 Å². The van der Waals surface area contributed by atoms with Gasteiger partial charge in [0.15, 0.2) is 0 Å². The van der Waals surface area contributed by atoms with Crippen LogP contribution in [0.5, 0.6) is 0 Å². The molecule has 1 radical (unpaired) electrons. The van der Waals surface area contributed by atoms with Gasteiger partial charge in [0.2, 0.25) is 0 Å². The molecule has 0 saturated carbocycles. The van der Waals surface area contributed by atoms with Crippen molar-refractivity contribution in [2.45, 2.75) is 19.8 Å². The summed E-state index contributed by atoms with van der Waals surface area (Å²) < 4.78 is 24.5. The van der Waals surface area contributed by atoms with Gasteiger partial charge in [-0.1, -0.05) is 13.3 Å². The molecule has 0 aliphatic rings. The van der Waals surface area contributed by atoms with Gasteiger partial charge in [-0.2, -0.15) is 12.2 Å². The van der Waals surface area contributed by atoms with Crippen LogP contribution in [-0.2, 0) is 13.9 Å². The summed E-state index contributed by atoms with van der Waals surface area (Å²) in [7, 11) is -3.42. The third-order valence-electron chi connectivity index (χ3n) is 0.844. The van der Waals surface area contributed by atoms with Crippen molar-refractivity contribution in [3.63, 3.8) is 0 Å². The first-order chi connectivity index (χ1) is 4.12. The first kappa shape index (κ1) is 14.4. The van der Waals surface area contributed by atoms with E-state index in [9.17, 15) is 8.42 Å². The van der Waals surface area contributed by atoms with Crippen LogP contribution >= 0.6 is 11.9 Å². The van der Waals surface area contributed by atoms with E-state index in [4.69, 9.17) is 0 Å². The standard InChI is InChI=1S/C4H9ClO3S.K/c1-2-3-4-9(6,7)8-5;/h2-4H2,1H3;. The maximum Gasteiger partial charge on any atom is 0.283 e. The fourth-order valence-corrected chi connectivity index (χ4v) is 1.25. The topological polar surface area (TPSA) is 43.4 Å². The van der Waals surface area contributed by atoms with Crippen LogP contribution in [0.3, 0.4) is 0 Å². The molecule has 0 rings (SSSR count). The Kier molecular flexibility index (Phi) is 10.8. The normalized spacial score (nSPS) is 10.6. The molecule has 0 aliphatic heterocycles. The third kappa shape index (κ3) is 7.94. The van der Waals surface area contributed by atoms with E-state index in [1.54, 1.807) is 0 Å². The second-order valence-corrected chi connectivity index (χ2v) is 3.71. The SMILES string of the molecule is CCCCS(=O)(=O)OCl.[K]. The van der Waals surface area contributed by atoms with Crippen LogP contribution in [-0.4, -0.2) is 65.6 Å². The molecule has 6 heteroatoms. The maximum absolute atomic E-state index is 10.4. The molecule has 0 bridgehead atoms. The van der Waals surface area contributed by atoms with Gasteiger partial charge >= 0.3 is 0 Å². The Hall–Kier alpha value is 1.84. The summed E-state index contributed by atoms with van der Waals surface area (Å²) in [6.07, 6.45) is 1.41. The minimum atomic E-state index is -3.42. The summed E-state index contributed by atoms with van der Waals surface area (Å²) in [4.78, 5) is 0. The van der Waals surface area contributed by atoms with Gasteiger partial charge in [-0.3, -0.25) is 0 Å². The van der Waals surface area contributed by atoms with Gasteiger partial charge in [-0.25, -0.2) is 0 Å². The summed E-state index contributed by atoms with van der Waals surface area (Å²) in [5, 5.41) is 0. The first-order valence-electron chi connectivity index (χ1n) is 2.65. The fraction of sp³-hybridized carbons (Fsp3) is 1.00. The Morgan fingerprint density at radius 2 is 2.00 bits per heavy atom. The minimum Gasteiger partial charge on any atom is -0.198 e. The van der Waals surface area contributed by atoms with Crippen molar-refractivity contribution >= 4 is 73.4 Å². The molecular weight excluding hydrogens is 203 g/mol. The Bertz CT molecular complexity index is 156. The largest absolute Gasteiger partial charge is 0.283 e. The van der Waals surface area contributed by atoms with Crippen molar-refractivity contribution in [1.29, 1.82) is 0 Å². The van der Waals surface area contributed by atoms with Crippen molar-refractivity contribution in [3.05, 3.63) is 0 Å². The molecular formula is C4H9ClKO3S. The number of rotatable bonds is 4. The average Bonchev–Trinajstić information content (AvgIpc) is 1.84. The van der Waals surface area contributed by atoms with Gasteiger partial charge in [0.05, 0.1) is 17.6 Å². The second-order valence-electron chi connectivity index (χ2n) is 1.68. The number of hydrogen-bond donors (Lipinski definition) is 0. The minimum absolute atomic E-state index is 0. The Morgan fingerprint density at radius 3 is 2.30 bits per heavy atom. The quantitative estimate of drug-likeness (QED) is 0.650. The molecule has 0 N–H and O–H groups in total. The van der Waals surface area contributed by atoms with Crippen molar-refractivity contribution in [2.75, 3.05) is 5.75 Å². The molecule has 0 fully saturated rings. The van der Waals surface area contributed by atoms with Gasteiger partial charge < -0.3 is 0 Å². The van der Waals surface area contributed by atoms with Gasteiger partial charge in [-0.15, -0.1) is 0 Å². The van der Waals surface area contributed by atoms with Crippen molar-refractivity contribution < 1.29 is 12.2 Å². The average molecular weight is 212 g/mol. The van der Waals surface area contributed by atoms with Crippen molar-refractivity contribution in [2.24, 2.45) is 0 Å². The summed E-state index contributed by atoms with van der Waals surface area (Å²) in [6.45, 7) is 1.89. The number of halogens is 1. The maximum atomic E-state index is 10.4. The van der Waals surface area contributed by atoms with Gasteiger partial charge in [0.25, 0.3) is 10.1 Å². The number of unbranched alkanes of at least 4 members (excludes halogenated alkanes) is 1. The van der Waals surface area contributed by atoms with E-state index < -0.39 is 10.1 Å². The number of hydrogen-bond acceptors (Lipinski definition) is 3. The van der Waals surface area contributed by atoms with Crippen molar-refractivity contribution in [3.8, 4) is 0 Å². The van der Waals surface area contributed by atoms with Gasteiger partial charge in [0, 0.05) is 51.4 Å². The third-order valence-corrected chi connectivity index (χ3v) is 2.40. The molecule has 0 aromatic rings. The first-order valence-corrected chi connectivity index (χ1v) is 4.54. The molecule has 0 aromatic carbocycles. The zero-order valence-electron chi connectivity index (χ0n) is 6.13. The molecule has 0 saturated heterocycles. The molecule has 0 atom stereocenters. The van der Waals surface area contributed by atoms with E-state index in [0.29, 0.717) is 6.42 Å². The molecule has 0 amide bonds. The Labute approximate surface area is 109 Å². The zero-order chi connectivity index (χ0) is 7.33. The van der Waals surface area contributed by atoms with Crippen LogP contribution in [0.25, 0.3) is 0 Å². The van der Waals surface area contributed by atoms with E-state index in [1.165, 1.54) is 0 Å². The van der Waals surface area contributed by atoms with Crippen LogP contribution in [0.4, 0.5) is 0 Å². The second kappa shape index (κ2) is 7.48. The summed E-state index contributed by atoms with van der Waals surface area (Å²) in [6, 6.07) is 0.